The molecular formula is C15H26N4O3. The maximum Gasteiger partial charge on any atom is 0.320 e. The monoisotopic (exact) mass is 310 g/mol. The van der Waals surface area contributed by atoms with Gasteiger partial charge in [-0.25, -0.2) is 4.79 Å². The molecule has 0 unspecified atom stereocenters. The topological polar surface area (TPSA) is 65.1 Å². The Labute approximate surface area is 131 Å². The summed E-state index contributed by atoms with van der Waals surface area (Å²) in [5, 5.41) is 2.99. The Kier molecular flexibility index (Phi) is 5.15. The molecule has 0 atom stereocenters. The predicted octanol–water partition coefficient (Wildman–Crippen LogP) is -0.418. The molecule has 2 aliphatic heterocycles. The van der Waals surface area contributed by atoms with Crippen molar-refractivity contribution >= 4 is 11.9 Å². The third-order valence-electron chi connectivity index (χ3n) is 4.58. The van der Waals surface area contributed by atoms with Crippen LogP contribution in [0.2, 0.25) is 0 Å². The second-order valence-corrected chi connectivity index (χ2v) is 6.39. The van der Waals surface area contributed by atoms with E-state index in [1.807, 2.05) is 9.80 Å². The number of ether oxygens (including phenoxy) is 1. The van der Waals surface area contributed by atoms with E-state index < -0.39 is 0 Å². The molecule has 2 heterocycles. The van der Waals surface area contributed by atoms with Gasteiger partial charge in [-0.3, -0.25) is 9.69 Å². The number of urea groups is 1. The molecule has 1 N–H and O–H groups in total. The Hall–Kier alpha value is -1.34. The molecule has 22 heavy (non-hydrogen) atoms. The molecule has 7 heteroatoms. The SMILES string of the molecule is O=C(CN1CCN(C(=O)N2CCOCC2)CC1)NCC1CC1. The molecule has 2 saturated heterocycles. The first kappa shape index (κ1) is 15.6. The molecule has 0 aromatic heterocycles. The lowest BCUT2D eigenvalue weighted by molar-refractivity contribution is -0.122. The van der Waals surface area contributed by atoms with Gasteiger partial charge in [-0.05, 0) is 18.8 Å². The van der Waals surface area contributed by atoms with Gasteiger partial charge >= 0.3 is 6.03 Å². The van der Waals surface area contributed by atoms with Crippen LogP contribution >= 0.6 is 0 Å². The minimum atomic E-state index is 0.111. The van der Waals surface area contributed by atoms with Crippen LogP contribution in [0.4, 0.5) is 4.79 Å². The number of nitrogens with zero attached hydrogens (tertiary/aromatic N) is 3. The highest BCUT2D eigenvalue weighted by molar-refractivity contribution is 5.78. The molecule has 3 aliphatic rings. The number of piperazine rings is 1. The Morgan fingerprint density at radius 3 is 2.23 bits per heavy atom. The van der Waals surface area contributed by atoms with E-state index >= 15 is 0 Å². The van der Waals surface area contributed by atoms with Crippen molar-refractivity contribution < 1.29 is 14.3 Å². The van der Waals surface area contributed by atoms with Crippen molar-refractivity contribution in [3.05, 3.63) is 0 Å². The molecule has 3 rings (SSSR count). The van der Waals surface area contributed by atoms with Crippen molar-refractivity contribution in [1.82, 2.24) is 20.0 Å². The molecule has 0 aromatic rings. The van der Waals surface area contributed by atoms with Crippen LogP contribution in [-0.2, 0) is 9.53 Å². The van der Waals surface area contributed by atoms with Gasteiger partial charge in [0.05, 0.1) is 19.8 Å². The van der Waals surface area contributed by atoms with Crippen molar-refractivity contribution in [2.45, 2.75) is 12.8 Å². The average molecular weight is 310 g/mol. The van der Waals surface area contributed by atoms with Crippen LogP contribution in [0, 0.1) is 5.92 Å². The zero-order valence-corrected chi connectivity index (χ0v) is 13.1. The molecule has 1 saturated carbocycles. The van der Waals surface area contributed by atoms with Gasteiger partial charge in [-0.1, -0.05) is 0 Å². The van der Waals surface area contributed by atoms with Gasteiger partial charge in [-0.15, -0.1) is 0 Å². The van der Waals surface area contributed by atoms with Gasteiger partial charge in [0.2, 0.25) is 5.91 Å². The fraction of sp³-hybridized carbons (Fsp3) is 0.867. The van der Waals surface area contributed by atoms with Crippen LogP contribution in [-0.4, -0.2) is 92.2 Å². The first-order valence-corrected chi connectivity index (χ1v) is 8.33. The molecule has 0 spiro atoms. The third kappa shape index (κ3) is 4.33. The Morgan fingerprint density at radius 1 is 0.955 bits per heavy atom. The number of nitrogens with one attached hydrogen (secondary N) is 1. The Balaban J connectivity index is 1.36. The lowest BCUT2D eigenvalue weighted by Gasteiger charge is -2.38. The van der Waals surface area contributed by atoms with Crippen LogP contribution < -0.4 is 5.32 Å². The smallest absolute Gasteiger partial charge is 0.320 e. The van der Waals surface area contributed by atoms with E-state index in [-0.39, 0.29) is 11.9 Å². The summed E-state index contributed by atoms with van der Waals surface area (Å²) < 4.78 is 5.28. The minimum Gasteiger partial charge on any atom is -0.378 e. The van der Waals surface area contributed by atoms with Gasteiger partial charge in [0.1, 0.15) is 0 Å². The van der Waals surface area contributed by atoms with E-state index in [2.05, 4.69) is 10.2 Å². The summed E-state index contributed by atoms with van der Waals surface area (Å²) in [5.41, 5.74) is 0. The molecule has 0 radical (unpaired) electrons. The molecule has 0 aromatic carbocycles. The highest BCUT2D eigenvalue weighted by Gasteiger charge is 2.27. The van der Waals surface area contributed by atoms with Crippen molar-refractivity contribution in [1.29, 1.82) is 0 Å². The summed E-state index contributed by atoms with van der Waals surface area (Å²) in [4.78, 5) is 30.1. The van der Waals surface area contributed by atoms with Crippen LogP contribution in [0.25, 0.3) is 0 Å². The summed E-state index contributed by atoms with van der Waals surface area (Å²) in [6.07, 6.45) is 2.51. The molecule has 3 fully saturated rings. The standard InChI is InChI=1S/C15H26N4O3/c20-14(16-11-13-1-2-13)12-17-3-5-18(6-4-17)15(21)19-7-9-22-10-8-19/h13H,1-12H2,(H,16,20). The number of rotatable bonds is 4. The van der Waals surface area contributed by atoms with E-state index in [0.29, 0.717) is 51.9 Å². The van der Waals surface area contributed by atoms with E-state index in [1.54, 1.807) is 0 Å². The van der Waals surface area contributed by atoms with Crippen molar-refractivity contribution in [2.24, 2.45) is 5.92 Å². The minimum absolute atomic E-state index is 0.111. The van der Waals surface area contributed by atoms with Crippen molar-refractivity contribution in [2.75, 3.05) is 65.6 Å². The normalized spacial score (nSPS) is 23.5. The van der Waals surface area contributed by atoms with Crippen molar-refractivity contribution in [3.63, 3.8) is 0 Å². The van der Waals surface area contributed by atoms with Crippen LogP contribution in [0.3, 0.4) is 0 Å². The van der Waals surface area contributed by atoms with Crippen LogP contribution in [0.1, 0.15) is 12.8 Å². The van der Waals surface area contributed by atoms with E-state index in [9.17, 15) is 9.59 Å². The van der Waals surface area contributed by atoms with Crippen LogP contribution in [0.15, 0.2) is 0 Å². The van der Waals surface area contributed by atoms with E-state index in [4.69, 9.17) is 4.74 Å². The third-order valence-corrected chi connectivity index (χ3v) is 4.58. The molecule has 7 nitrogen and oxygen atoms in total. The second kappa shape index (κ2) is 7.28. The van der Waals surface area contributed by atoms with Crippen LogP contribution in [0.5, 0.6) is 0 Å². The molecule has 1 aliphatic carbocycles. The average Bonchev–Trinajstić information content (AvgIpc) is 3.38. The highest BCUT2D eigenvalue weighted by Crippen LogP contribution is 2.27. The number of carbonyl (C=O) groups is 2. The molecule has 124 valence electrons. The summed E-state index contributed by atoms with van der Waals surface area (Å²) >= 11 is 0. The van der Waals surface area contributed by atoms with Gasteiger partial charge in [0.15, 0.2) is 0 Å². The first-order chi connectivity index (χ1) is 10.7. The van der Waals surface area contributed by atoms with Gasteiger partial charge in [0, 0.05) is 45.8 Å². The fourth-order valence-corrected chi connectivity index (χ4v) is 2.89. The predicted molar refractivity (Wildman–Crippen MR) is 81.5 cm³/mol. The largest absolute Gasteiger partial charge is 0.378 e. The van der Waals surface area contributed by atoms with E-state index in [1.165, 1.54) is 12.8 Å². The quantitative estimate of drug-likeness (QED) is 0.766. The number of hydrogen-bond acceptors (Lipinski definition) is 4. The maximum absolute atomic E-state index is 12.4. The second-order valence-electron chi connectivity index (χ2n) is 6.39. The summed E-state index contributed by atoms with van der Waals surface area (Å²) in [6.45, 7) is 6.85. The molecule has 0 bridgehead atoms. The molecular weight excluding hydrogens is 284 g/mol. The lowest BCUT2D eigenvalue weighted by Crippen LogP contribution is -2.55. The number of morpholine rings is 1. The summed E-state index contributed by atoms with van der Waals surface area (Å²) in [6, 6.07) is 0.112. The zero-order valence-electron chi connectivity index (χ0n) is 13.1. The van der Waals surface area contributed by atoms with Crippen molar-refractivity contribution in [3.8, 4) is 0 Å². The van der Waals surface area contributed by atoms with Gasteiger partial charge in [0.25, 0.3) is 0 Å². The number of hydrogen-bond donors (Lipinski definition) is 1. The molecule has 3 amide bonds. The lowest BCUT2D eigenvalue weighted by atomic mass is 10.3. The Morgan fingerprint density at radius 2 is 1.59 bits per heavy atom. The van der Waals surface area contributed by atoms with Gasteiger partial charge < -0.3 is 19.9 Å². The Bertz CT molecular complexity index is 400. The first-order valence-electron chi connectivity index (χ1n) is 8.33. The summed E-state index contributed by atoms with van der Waals surface area (Å²) in [5.74, 6) is 0.826. The number of amides is 3. The summed E-state index contributed by atoms with van der Waals surface area (Å²) in [7, 11) is 0. The zero-order chi connectivity index (χ0) is 15.4. The maximum atomic E-state index is 12.4. The highest BCUT2D eigenvalue weighted by atomic mass is 16.5. The number of carbonyl (C=O) groups excluding carboxylic acids is 2. The fourth-order valence-electron chi connectivity index (χ4n) is 2.89. The van der Waals surface area contributed by atoms with E-state index in [0.717, 1.165) is 19.6 Å². The van der Waals surface area contributed by atoms with Gasteiger partial charge in [-0.2, -0.15) is 0 Å².